The average Bonchev–Trinajstić information content (AvgIpc) is 2.95. The van der Waals surface area contributed by atoms with Crippen molar-refractivity contribution in [3.8, 4) is 15.6 Å². The molecular formula is C10H11BrN2OS2. The van der Waals surface area contributed by atoms with Crippen molar-refractivity contribution in [3.05, 3.63) is 16.5 Å². The van der Waals surface area contributed by atoms with Crippen LogP contribution in [0, 0.1) is 0 Å². The summed E-state index contributed by atoms with van der Waals surface area (Å²) in [6.45, 7) is 2.12. The predicted octanol–water partition coefficient (Wildman–Crippen LogP) is 4.12. The number of thiophene rings is 1. The fraction of sp³-hybridized carbons (Fsp3) is 0.400. The molecule has 16 heavy (non-hydrogen) atoms. The lowest BCUT2D eigenvalue weighted by Crippen LogP contribution is -1.84. The lowest BCUT2D eigenvalue weighted by Gasteiger charge is -1.97. The van der Waals surface area contributed by atoms with Crippen molar-refractivity contribution >= 4 is 38.6 Å². The van der Waals surface area contributed by atoms with E-state index in [0.29, 0.717) is 4.83 Å². The number of ether oxygens (including phenoxy) is 1. The number of halogens is 1. The quantitative estimate of drug-likeness (QED) is 0.795. The van der Waals surface area contributed by atoms with Gasteiger partial charge in [0.1, 0.15) is 10.8 Å². The average molecular weight is 319 g/mol. The van der Waals surface area contributed by atoms with E-state index in [1.54, 1.807) is 29.8 Å². The highest BCUT2D eigenvalue weighted by Crippen LogP contribution is 2.36. The van der Waals surface area contributed by atoms with E-state index >= 15 is 0 Å². The summed E-state index contributed by atoms with van der Waals surface area (Å²) in [7, 11) is 1.67. The summed E-state index contributed by atoms with van der Waals surface area (Å²) in [6.07, 6.45) is 1.02. The minimum atomic E-state index is 0.306. The first-order chi connectivity index (χ1) is 7.74. The van der Waals surface area contributed by atoms with Crippen LogP contribution in [0.5, 0.6) is 5.75 Å². The molecule has 6 heteroatoms. The number of alkyl halides is 1. The molecule has 0 aliphatic rings. The van der Waals surface area contributed by atoms with Crippen LogP contribution >= 0.6 is 38.6 Å². The standard InChI is InChI=1S/C10H11BrN2OS2/c1-3-7(11)9-12-13-10(16-9)8-4-6(14-2)5-15-8/h4-5,7H,3H2,1-2H3. The minimum Gasteiger partial charge on any atom is -0.496 e. The third-order valence-electron chi connectivity index (χ3n) is 2.09. The normalized spacial score (nSPS) is 12.7. The van der Waals surface area contributed by atoms with Crippen LogP contribution in [0.4, 0.5) is 0 Å². The lowest BCUT2D eigenvalue weighted by atomic mass is 10.4. The van der Waals surface area contributed by atoms with E-state index in [1.807, 2.05) is 11.4 Å². The first-order valence-electron chi connectivity index (χ1n) is 4.85. The van der Waals surface area contributed by atoms with Crippen LogP contribution in [0.3, 0.4) is 0 Å². The fourth-order valence-electron chi connectivity index (χ4n) is 1.17. The van der Waals surface area contributed by atoms with Crippen LogP contribution < -0.4 is 4.74 Å². The van der Waals surface area contributed by atoms with Crippen molar-refractivity contribution in [1.29, 1.82) is 0 Å². The summed E-state index contributed by atoms with van der Waals surface area (Å²) in [4.78, 5) is 1.41. The summed E-state index contributed by atoms with van der Waals surface area (Å²) in [5, 5.41) is 12.3. The molecule has 0 saturated carbocycles. The Hall–Kier alpha value is -0.460. The van der Waals surface area contributed by atoms with Crippen LogP contribution in [-0.4, -0.2) is 17.3 Å². The molecule has 0 spiro atoms. The van der Waals surface area contributed by atoms with E-state index in [-0.39, 0.29) is 0 Å². The van der Waals surface area contributed by atoms with E-state index in [0.717, 1.165) is 27.1 Å². The largest absolute Gasteiger partial charge is 0.496 e. The van der Waals surface area contributed by atoms with Crippen molar-refractivity contribution in [3.63, 3.8) is 0 Å². The molecule has 0 bridgehead atoms. The van der Waals surface area contributed by atoms with Crippen molar-refractivity contribution in [1.82, 2.24) is 10.2 Å². The van der Waals surface area contributed by atoms with Crippen LogP contribution in [0.25, 0.3) is 9.88 Å². The molecule has 1 atom stereocenters. The zero-order chi connectivity index (χ0) is 11.5. The predicted molar refractivity (Wildman–Crippen MR) is 71.7 cm³/mol. The zero-order valence-corrected chi connectivity index (χ0v) is 12.2. The number of nitrogens with zero attached hydrogens (tertiary/aromatic N) is 2. The van der Waals surface area contributed by atoms with Gasteiger partial charge in [-0.2, -0.15) is 0 Å². The molecule has 0 fully saturated rings. The summed E-state index contributed by atoms with van der Waals surface area (Å²) >= 11 is 6.83. The topological polar surface area (TPSA) is 35.0 Å². The highest BCUT2D eigenvalue weighted by molar-refractivity contribution is 9.09. The molecule has 2 heterocycles. The maximum Gasteiger partial charge on any atom is 0.157 e. The van der Waals surface area contributed by atoms with Crippen molar-refractivity contribution in [2.75, 3.05) is 7.11 Å². The Kier molecular flexibility index (Phi) is 3.94. The van der Waals surface area contributed by atoms with Gasteiger partial charge in [0.05, 0.1) is 16.8 Å². The molecule has 0 aromatic carbocycles. The molecule has 3 nitrogen and oxygen atoms in total. The van der Waals surface area contributed by atoms with Crippen molar-refractivity contribution in [2.45, 2.75) is 18.2 Å². The van der Waals surface area contributed by atoms with Crippen molar-refractivity contribution < 1.29 is 4.74 Å². The minimum absolute atomic E-state index is 0.306. The highest BCUT2D eigenvalue weighted by atomic mass is 79.9. The Morgan fingerprint density at radius 3 is 2.94 bits per heavy atom. The van der Waals surface area contributed by atoms with Gasteiger partial charge in [-0.05, 0) is 6.42 Å². The van der Waals surface area contributed by atoms with Gasteiger partial charge in [-0.25, -0.2) is 0 Å². The van der Waals surface area contributed by atoms with E-state index < -0.39 is 0 Å². The SMILES string of the molecule is CCC(Br)c1nnc(-c2cc(OC)cs2)s1. The number of rotatable bonds is 4. The Morgan fingerprint density at radius 2 is 2.31 bits per heavy atom. The molecular weight excluding hydrogens is 308 g/mol. The third-order valence-corrected chi connectivity index (χ3v) is 5.59. The first-order valence-corrected chi connectivity index (χ1v) is 7.46. The van der Waals surface area contributed by atoms with Gasteiger partial charge < -0.3 is 4.74 Å². The van der Waals surface area contributed by atoms with Gasteiger partial charge >= 0.3 is 0 Å². The van der Waals surface area contributed by atoms with E-state index in [4.69, 9.17) is 4.74 Å². The second-order valence-electron chi connectivity index (χ2n) is 3.17. The van der Waals surface area contributed by atoms with E-state index in [1.165, 1.54) is 0 Å². The molecule has 0 aliphatic carbocycles. The van der Waals surface area contributed by atoms with Gasteiger partial charge in [0.2, 0.25) is 0 Å². The van der Waals surface area contributed by atoms with Gasteiger partial charge in [-0.1, -0.05) is 34.2 Å². The number of hydrogen-bond donors (Lipinski definition) is 0. The van der Waals surface area contributed by atoms with Gasteiger partial charge in [-0.15, -0.1) is 21.5 Å². The third kappa shape index (κ3) is 2.44. The molecule has 1 unspecified atom stereocenters. The highest BCUT2D eigenvalue weighted by Gasteiger charge is 2.14. The zero-order valence-electron chi connectivity index (χ0n) is 8.94. The van der Waals surface area contributed by atoms with Gasteiger partial charge in [0, 0.05) is 11.4 Å². The van der Waals surface area contributed by atoms with Gasteiger partial charge in [0.15, 0.2) is 5.01 Å². The van der Waals surface area contributed by atoms with E-state index in [2.05, 4.69) is 33.1 Å². The molecule has 0 aliphatic heterocycles. The fourth-order valence-corrected chi connectivity index (χ4v) is 3.36. The molecule has 0 saturated heterocycles. The van der Waals surface area contributed by atoms with Crippen LogP contribution in [0.2, 0.25) is 0 Å². The summed E-state index contributed by atoms with van der Waals surface area (Å²) in [5.74, 6) is 0.877. The molecule has 0 radical (unpaired) electrons. The number of hydrogen-bond acceptors (Lipinski definition) is 5. The number of methoxy groups -OCH3 is 1. The molecule has 0 amide bonds. The Morgan fingerprint density at radius 1 is 1.50 bits per heavy atom. The maximum atomic E-state index is 5.15. The van der Waals surface area contributed by atoms with E-state index in [9.17, 15) is 0 Å². The second kappa shape index (κ2) is 5.25. The maximum absolute atomic E-state index is 5.15. The van der Waals surface area contributed by atoms with Gasteiger partial charge in [0.25, 0.3) is 0 Å². The Bertz CT molecular complexity index is 469. The molecule has 2 rings (SSSR count). The monoisotopic (exact) mass is 318 g/mol. The second-order valence-corrected chi connectivity index (χ2v) is 6.20. The van der Waals surface area contributed by atoms with Crippen LogP contribution in [0.15, 0.2) is 11.4 Å². The first kappa shape index (κ1) is 12.0. The molecule has 86 valence electrons. The van der Waals surface area contributed by atoms with Crippen molar-refractivity contribution in [2.24, 2.45) is 0 Å². The summed E-state index contributed by atoms with van der Waals surface area (Å²) in [6, 6.07) is 1.99. The lowest BCUT2D eigenvalue weighted by molar-refractivity contribution is 0.417. The Labute approximate surface area is 111 Å². The molecule has 2 aromatic rings. The summed E-state index contributed by atoms with van der Waals surface area (Å²) in [5.41, 5.74) is 0. The van der Waals surface area contributed by atoms with Crippen LogP contribution in [0.1, 0.15) is 23.2 Å². The number of aromatic nitrogens is 2. The van der Waals surface area contributed by atoms with Gasteiger partial charge in [-0.3, -0.25) is 0 Å². The van der Waals surface area contributed by atoms with Crippen LogP contribution in [-0.2, 0) is 0 Å². The summed E-state index contributed by atoms with van der Waals surface area (Å²) < 4.78 is 5.15. The molecule has 2 aromatic heterocycles. The molecule has 0 N–H and O–H groups in total. The Balaban J connectivity index is 2.24. The smallest absolute Gasteiger partial charge is 0.157 e.